The van der Waals surface area contributed by atoms with Gasteiger partial charge in [-0.2, -0.15) is 5.10 Å². The van der Waals surface area contributed by atoms with E-state index in [9.17, 15) is 4.79 Å². The highest BCUT2D eigenvalue weighted by atomic mass is 32.2. The van der Waals surface area contributed by atoms with Crippen molar-refractivity contribution < 1.29 is 9.21 Å². The number of carbonyl (C=O) groups excluding carboxylic acids is 1. The van der Waals surface area contributed by atoms with Crippen LogP contribution in [0.25, 0.3) is 0 Å². The minimum absolute atomic E-state index is 0.0307. The molecule has 1 amide bonds. The van der Waals surface area contributed by atoms with Gasteiger partial charge < -0.3 is 4.42 Å². The van der Waals surface area contributed by atoms with Gasteiger partial charge in [-0.3, -0.25) is 9.69 Å². The quantitative estimate of drug-likeness (QED) is 0.612. The molecule has 0 saturated carbocycles. The molecule has 1 saturated heterocycles. The lowest BCUT2D eigenvalue weighted by Gasteiger charge is -2.13. The van der Waals surface area contributed by atoms with Gasteiger partial charge in [-0.1, -0.05) is 49.0 Å². The van der Waals surface area contributed by atoms with Gasteiger partial charge in [0, 0.05) is 0 Å². The van der Waals surface area contributed by atoms with Crippen LogP contribution >= 0.6 is 11.8 Å². The van der Waals surface area contributed by atoms with E-state index in [1.165, 1.54) is 11.8 Å². The third-order valence-corrected chi connectivity index (χ3v) is 4.79. The Hall–Kier alpha value is -2.34. The van der Waals surface area contributed by atoms with Crippen molar-refractivity contribution in [3.63, 3.8) is 0 Å². The van der Waals surface area contributed by atoms with Crippen molar-refractivity contribution in [2.24, 2.45) is 10.2 Å². The molecule has 1 aromatic heterocycles. The summed E-state index contributed by atoms with van der Waals surface area (Å²) in [5, 5.41) is 9.23. The van der Waals surface area contributed by atoms with Crippen LogP contribution in [0.5, 0.6) is 0 Å². The van der Waals surface area contributed by atoms with Gasteiger partial charge in [-0.25, -0.2) is 0 Å². The molecule has 2 aromatic rings. The van der Waals surface area contributed by atoms with Crippen molar-refractivity contribution in [2.45, 2.75) is 32.1 Å². The number of furan rings is 1. The van der Waals surface area contributed by atoms with Gasteiger partial charge in [0.05, 0.1) is 23.8 Å². The molecule has 2 heterocycles. The largest absolute Gasteiger partial charge is 0.467 e. The second kappa shape index (κ2) is 7.49. The van der Waals surface area contributed by atoms with E-state index < -0.39 is 0 Å². The van der Waals surface area contributed by atoms with Crippen LogP contribution in [0, 0.1) is 0 Å². The van der Waals surface area contributed by atoms with E-state index in [2.05, 4.69) is 10.2 Å². The molecule has 0 unspecified atom stereocenters. The Labute approximate surface area is 145 Å². The number of benzene rings is 1. The van der Waals surface area contributed by atoms with E-state index in [1.54, 1.807) is 11.2 Å². The first-order valence-corrected chi connectivity index (χ1v) is 8.77. The van der Waals surface area contributed by atoms with E-state index in [-0.39, 0.29) is 11.2 Å². The number of thioether (sulfide) groups is 1. The Bertz CT molecular complexity index is 754. The summed E-state index contributed by atoms with van der Waals surface area (Å²) in [6, 6.07) is 13.6. The summed E-state index contributed by atoms with van der Waals surface area (Å²) in [4.78, 5) is 14.0. The predicted octanol–water partition coefficient (Wildman–Crippen LogP) is 3.91. The monoisotopic (exact) mass is 341 g/mol. The first kappa shape index (κ1) is 16.5. The molecule has 0 aliphatic carbocycles. The topological polar surface area (TPSA) is 58.2 Å². The molecule has 0 radical (unpaired) electrons. The Kier molecular flexibility index (Phi) is 5.15. The van der Waals surface area contributed by atoms with Gasteiger partial charge in [0.15, 0.2) is 5.17 Å². The van der Waals surface area contributed by atoms with Gasteiger partial charge >= 0.3 is 0 Å². The molecule has 24 heavy (non-hydrogen) atoms. The number of amidine groups is 1. The molecular weight excluding hydrogens is 322 g/mol. The van der Waals surface area contributed by atoms with Crippen LogP contribution in [0.1, 0.15) is 31.6 Å². The van der Waals surface area contributed by atoms with Gasteiger partial charge in [0.2, 0.25) is 5.91 Å². The van der Waals surface area contributed by atoms with Crippen LogP contribution in [0.2, 0.25) is 0 Å². The highest BCUT2D eigenvalue weighted by Gasteiger charge is 2.35. The normalized spacial score (nSPS) is 20.2. The van der Waals surface area contributed by atoms with Crippen molar-refractivity contribution in [3.05, 3.63) is 60.1 Å². The van der Waals surface area contributed by atoms with Gasteiger partial charge in [0.25, 0.3) is 0 Å². The van der Waals surface area contributed by atoms with Crippen LogP contribution in [0.3, 0.4) is 0 Å². The summed E-state index contributed by atoms with van der Waals surface area (Å²) in [5.41, 5.74) is 1.94. The van der Waals surface area contributed by atoms with Crippen molar-refractivity contribution in [2.75, 3.05) is 0 Å². The average Bonchev–Trinajstić information content (AvgIpc) is 3.21. The molecule has 1 aromatic carbocycles. The van der Waals surface area contributed by atoms with E-state index in [4.69, 9.17) is 4.42 Å². The number of hydrogen-bond acceptors (Lipinski definition) is 5. The minimum Gasteiger partial charge on any atom is -0.467 e. The molecule has 124 valence electrons. The molecule has 1 aliphatic heterocycles. The first-order chi connectivity index (χ1) is 11.7. The number of amides is 1. The maximum Gasteiger partial charge on any atom is 0.242 e. The van der Waals surface area contributed by atoms with Crippen LogP contribution in [-0.2, 0) is 11.3 Å². The highest BCUT2D eigenvalue weighted by molar-refractivity contribution is 8.15. The Morgan fingerprint density at radius 3 is 2.71 bits per heavy atom. The van der Waals surface area contributed by atoms with Gasteiger partial charge in [-0.15, -0.1) is 5.10 Å². The fourth-order valence-electron chi connectivity index (χ4n) is 2.43. The second-order valence-corrected chi connectivity index (χ2v) is 6.72. The average molecular weight is 341 g/mol. The first-order valence-electron chi connectivity index (χ1n) is 7.89. The molecule has 0 N–H and O–H groups in total. The lowest BCUT2D eigenvalue weighted by atomic mass is 10.1. The second-order valence-electron chi connectivity index (χ2n) is 5.41. The summed E-state index contributed by atoms with van der Waals surface area (Å²) >= 11 is 1.43. The van der Waals surface area contributed by atoms with Crippen molar-refractivity contribution >= 4 is 28.5 Å². The standard InChI is InChI=1S/C18H19N3O2S/c1-3-16(14-8-5-4-6-9-14)19-20-18-21(17(22)13(2)24-18)12-15-10-7-11-23-15/h4-11,13H,3,12H2,1-2H3/b19-16+,20-18-/t13-/m1/s1. The number of rotatable bonds is 5. The Balaban J connectivity index is 1.86. The molecular formula is C18H19N3O2S. The van der Waals surface area contributed by atoms with E-state index in [1.807, 2.05) is 56.3 Å². The number of nitrogens with zero attached hydrogens (tertiary/aromatic N) is 3. The Morgan fingerprint density at radius 2 is 2.04 bits per heavy atom. The zero-order valence-electron chi connectivity index (χ0n) is 13.7. The van der Waals surface area contributed by atoms with E-state index in [0.717, 1.165) is 23.5 Å². The molecule has 1 aliphatic rings. The van der Waals surface area contributed by atoms with Crippen molar-refractivity contribution in [3.8, 4) is 0 Å². The predicted molar refractivity (Wildman–Crippen MR) is 97.0 cm³/mol. The molecule has 6 heteroatoms. The molecule has 3 rings (SSSR count). The SMILES string of the molecule is CC/C(=N\N=C1/S[C@H](C)C(=O)N1Cc1ccco1)c1ccccc1. The van der Waals surface area contributed by atoms with Crippen molar-refractivity contribution in [1.82, 2.24) is 4.90 Å². The van der Waals surface area contributed by atoms with E-state index in [0.29, 0.717) is 11.7 Å². The maximum absolute atomic E-state index is 12.4. The summed E-state index contributed by atoms with van der Waals surface area (Å²) < 4.78 is 5.35. The molecule has 1 fully saturated rings. The highest BCUT2D eigenvalue weighted by Crippen LogP contribution is 2.28. The van der Waals surface area contributed by atoms with Crippen LogP contribution < -0.4 is 0 Å². The van der Waals surface area contributed by atoms with Crippen LogP contribution in [0.15, 0.2) is 63.3 Å². The van der Waals surface area contributed by atoms with Crippen molar-refractivity contribution in [1.29, 1.82) is 0 Å². The number of carbonyl (C=O) groups is 1. The summed E-state index contributed by atoms with van der Waals surface area (Å²) in [6.45, 7) is 4.30. The third kappa shape index (κ3) is 3.59. The van der Waals surface area contributed by atoms with Crippen LogP contribution in [-0.4, -0.2) is 26.9 Å². The molecule has 0 spiro atoms. The van der Waals surface area contributed by atoms with Gasteiger partial charge in [0.1, 0.15) is 5.76 Å². The summed E-state index contributed by atoms with van der Waals surface area (Å²) in [6.07, 6.45) is 2.37. The third-order valence-electron chi connectivity index (χ3n) is 3.72. The van der Waals surface area contributed by atoms with E-state index >= 15 is 0 Å². The minimum atomic E-state index is -0.157. The lowest BCUT2D eigenvalue weighted by molar-refractivity contribution is -0.126. The Morgan fingerprint density at radius 1 is 1.25 bits per heavy atom. The zero-order chi connectivity index (χ0) is 16.9. The molecule has 5 nitrogen and oxygen atoms in total. The molecule has 1 atom stereocenters. The summed E-state index contributed by atoms with van der Waals surface area (Å²) in [7, 11) is 0. The van der Waals surface area contributed by atoms with Gasteiger partial charge in [-0.05, 0) is 31.0 Å². The number of hydrogen-bond donors (Lipinski definition) is 0. The smallest absolute Gasteiger partial charge is 0.242 e. The maximum atomic E-state index is 12.4. The molecule has 0 bridgehead atoms. The lowest BCUT2D eigenvalue weighted by Crippen LogP contribution is -2.30. The van der Waals surface area contributed by atoms with Crippen LogP contribution in [0.4, 0.5) is 0 Å². The summed E-state index contributed by atoms with van der Waals surface area (Å²) in [5.74, 6) is 0.761. The fourth-order valence-corrected chi connectivity index (χ4v) is 3.35. The fraction of sp³-hybridized carbons (Fsp3) is 0.278. The zero-order valence-corrected chi connectivity index (χ0v) is 14.5.